The van der Waals surface area contributed by atoms with E-state index < -0.39 is 6.00 Å². The van der Waals surface area contributed by atoms with Crippen LogP contribution in [0.1, 0.15) is 148 Å². The van der Waals surface area contributed by atoms with E-state index in [9.17, 15) is 0 Å². The molecule has 0 aromatic rings. The average Bonchev–Trinajstić information content (AvgIpc) is 2.67. The Morgan fingerprint density at radius 1 is 0.536 bits per heavy atom. The molecule has 4 heteroatoms. The Bertz CT molecular complexity index is 348. The molecule has 0 saturated heterocycles. The van der Waals surface area contributed by atoms with Gasteiger partial charge in [-0.2, -0.15) is 0 Å². The molecular weight excluding hydrogens is 423 g/mol. The summed E-state index contributed by atoms with van der Waals surface area (Å²) in [6, 6.07) is -2.60. The Morgan fingerprint density at radius 2 is 0.893 bits per heavy atom. The second kappa shape index (κ2) is 16.7. The third-order valence-electron chi connectivity index (χ3n) is 6.92. The van der Waals surface area contributed by atoms with Crippen LogP contribution in [0.25, 0.3) is 0 Å². The first-order valence-corrected chi connectivity index (χ1v) is 17.6. The molecule has 0 unspecified atom stereocenters. The number of unbranched alkanes of at least 4 members (excludes halogenated alkanes) is 15. The van der Waals surface area contributed by atoms with Gasteiger partial charge in [0.15, 0.2) is 0 Å². The third kappa shape index (κ3) is 12.1. The molecule has 0 radical (unpaired) electrons. The summed E-state index contributed by atoms with van der Waals surface area (Å²) in [6.07, 6.45) is 30.0. The largest absolute Gasteiger partial charge is 0.347 e. The van der Waals surface area contributed by atoms with Crippen molar-refractivity contribution in [1.29, 1.82) is 0 Å². The van der Waals surface area contributed by atoms with E-state index in [0.29, 0.717) is 0 Å². The summed E-state index contributed by atoms with van der Waals surface area (Å²) in [4.78, 5) is 0. The molecule has 168 valence electrons. The van der Waals surface area contributed by atoms with Crippen LogP contribution in [0.4, 0.5) is 0 Å². The molecule has 0 amide bonds. The molecule has 28 heavy (non-hydrogen) atoms. The van der Waals surface area contributed by atoms with Crippen molar-refractivity contribution in [2.45, 2.75) is 153 Å². The van der Waals surface area contributed by atoms with Gasteiger partial charge in [-0.3, -0.25) is 0 Å². The van der Waals surface area contributed by atoms with Gasteiger partial charge in [0.1, 0.15) is 0 Å². The summed E-state index contributed by atoms with van der Waals surface area (Å²) in [5.74, 6) is 0. The quantitative estimate of drug-likeness (QED) is 0.106. The fraction of sp³-hybridized carbons (Fsp3) is 1.00. The number of halogens is 3. The first-order chi connectivity index (χ1) is 13.5. The van der Waals surface area contributed by atoms with Gasteiger partial charge in [-0.15, -0.1) is 33.2 Å². The van der Waals surface area contributed by atoms with Crippen LogP contribution in [0.15, 0.2) is 0 Å². The SMILES string of the molecule is CCCCCCCCCCCCCCCCCCC1([Si](Cl)(Cl)Cl)CCCCC1. The van der Waals surface area contributed by atoms with Gasteiger partial charge in [0.2, 0.25) is 0 Å². The standard InChI is InChI=1S/C24H47Cl3Si/c1-2-3-4-5-6-7-8-9-10-11-12-13-14-15-16-18-21-24(28(25,26)27)22-19-17-20-23-24/h2-23H2,1H3. The predicted molar refractivity (Wildman–Crippen MR) is 133 cm³/mol. The highest BCUT2D eigenvalue weighted by Gasteiger charge is 2.50. The summed E-state index contributed by atoms with van der Waals surface area (Å²) >= 11 is 19.5. The van der Waals surface area contributed by atoms with Gasteiger partial charge < -0.3 is 0 Å². The zero-order valence-electron chi connectivity index (χ0n) is 18.7. The minimum Gasteiger partial charge on any atom is -0.125 e. The summed E-state index contributed by atoms with van der Waals surface area (Å²) in [6.45, 7) is 2.29. The van der Waals surface area contributed by atoms with Crippen LogP contribution in [-0.4, -0.2) is 6.00 Å². The van der Waals surface area contributed by atoms with Crippen LogP contribution < -0.4 is 0 Å². The molecule has 1 rings (SSSR count). The van der Waals surface area contributed by atoms with Crippen LogP contribution in [0.3, 0.4) is 0 Å². The summed E-state index contributed by atoms with van der Waals surface area (Å²) in [7, 11) is 0. The minimum atomic E-state index is -2.60. The van der Waals surface area contributed by atoms with E-state index in [1.165, 1.54) is 122 Å². The highest BCUT2D eigenvalue weighted by atomic mass is 35.8. The summed E-state index contributed by atoms with van der Waals surface area (Å²) in [5, 5.41) is 0.0892. The zero-order chi connectivity index (χ0) is 20.6. The molecule has 1 saturated carbocycles. The highest BCUT2D eigenvalue weighted by Crippen LogP contribution is 2.58. The van der Waals surface area contributed by atoms with Crippen molar-refractivity contribution in [3.8, 4) is 0 Å². The Morgan fingerprint density at radius 3 is 1.25 bits per heavy atom. The van der Waals surface area contributed by atoms with Gasteiger partial charge >= 0.3 is 6.00 Å². The van der Waals surface area contributed by atoms with Gasteiger partial charge in [0, 0.05) is 5.04 Å². The Labute approximate surface area is 192 Å². The van der Waals surface area contributed by atoms with Crippen LogP contribution in [0.2, 0.25) is 5.04 Å². The fourth-order valence-corrected chi connectivity index (χ4v) is 8.85. The summed E-state index contributed by atoms with van der Waals surface area (Å²) < 4.78 is 0. The molecule has 0 heterocycles. The number of hydrogen-bond donors (Lipinski definition) is 0. The average molecular weight is 470 g/mol. The second-order valence-corrected chi connectivity index (χ2v) is 18.3. The van der Waals surface area contributed by atoms with E-state index in [0.717, 1.165) is 19.3 Å². The molecule has 1 aliphatic rings. The smallest absolute Gasteiger partial charge is 0.125 e. The first-order valence-electron chi connectivity index (χ1n) is 12.6. The lowest BCUT2D eigenvalue weighted by molar-refractivity contribution is 0.342. The lowest BCUT2D eigenvalue weighted by atomic mass is 9.84. The lowest BCUT2D eigenvalue weighted by Crippen LogP contribution is -2.35. The summed E-state index contributed by atoms with van der Waals surface area (Å²) in [5.41, 5.74) is 0. The molecular formula is C24H47Cl3Si. The predicted octanol–water partition coefficient (Wildman–Crippen LogP) is 11.0. The molecule has 1 fully saturated rings. The molecule has 0 aliphatic heterocycles. The number of rotatable bonds is 18. The molecule has 0 atom stereocenters. The Kier molecular flexibility index (Phi) is 16.2. The molecule has 0 bridgehead atoms. The maximum absolute atomic E-state index is 6.51. The van der Waals surface area contributed by atoms with E-state index in [4.69, 9.17) is 33.2 Å². The molecule has 0 nitrogen and oxygen atoms in total. The van der Waals surface area contributed by atoms with Crippen molar-refractivity contribution in [1.82, 2.24) is 0 Å². The van der Waals surface area contributed by atoms with Crippen LogP contribution in [-0.2, 0) is 0 Å². The monoisotopic (exact) mass is 468 g/mol. The second-order valence-electron chi connectivity index (χ2n) is 9.39. The molecule has 0 N–H and O–H groups in total. The first kappa shape index (κ1) is 27.1. The highest BCUT2D eigenvalue weighted by molar-refractivity contribution is 7.65. The van der Waals surface area contributed by atoms with Crippen LogP contribution >= 0.6 is 33.2 Å². The van der Waals surface area contributed by atoms with Crippen molar-refractivity contribution in [2.75, 3.05) is 0 Å². The number of hydrogen-bond acceptors (Lipinski definition) is 0. The Balaban J connectivity index is 1.89. The third-order valence-corrected chi connectivity index (χ3v) is 12.5. The normalized spacial score (nSPS) is 17.1. The van der Waals surface area contributed by atoms with Crippen molar-refractivity contribution >= 4 is 39.2 Å². The van der Waals surface area contributed by atoms with E-state index in [1.807, 2.05) is 0 Å². The van der Waals surface area contributed by atoms with Gasteiger partial charge in [0.05, 0.1) is 0 Å². The van der Waals surface area contributed by atoms with Gasteiger partial charge in [0.25, 0.3) is 0 Å². The molecule has 0 aromatic heterocycles. The van der Waals surface area contributed by atoms with Crippen LogP contribution in [0.5, 0.6) is 0 Å². The van der Waals surface area contributed by atoms with Crippen molar-refractivity contribution < 1.29 is 0 Å². The minimum absolute atomic E-state index is 0.0892. The van der Waals surface area contributed by atoms with E-state index in [2.05, 4.69) is 6.92 Å². The van der Waals surface area contributed by atoms with Gasteiger partial charge in [-0.25, -0.2) is 0 Å². The maximum atomic E-state index is 6.51. The maximum Gasteiger partial charge on any atom is 0.347 e. The van der Waals surface area contributed by atoms with Gasteiger partial charge in [-0.1, -0.05) is 129 Å². The van der Waals surface area contributed by atoms with Crippen molar-refractivity contribution in [3.63, 3.8) is 0 Å². The van der Waals surface area contributed by atoms with Crippen molar-refractivity contribution in [3.05, 3.63) is 0 Å². The van der Waals surface area contributed by atoms with E-state index >= 15 is 0 Å². The zero-order valence-corrected chi connectivity index (χ0v) is 22.0. The van der Waals surface area contributed by atoms with Crippen molar-refractivity contribution in [2.24, 2.45) is 0 Å². The molecule has 0 spiro atoms. The van der Waals surface area contributed by atoms with E-state index in [1.54, 1.807) is 0 Å². The van der Waals surface area contributed by atoms with Crippen LogP contribution in [0, 0.1) is 0 Å². The van der Waals surface area contributed by atoms with Gasteiger partial charge in [-0.05, 0) is 19.3 Å². The Hall–Kier alpha value is 1.09. The molecule has 0 aromatic carbocycles. The topological polar surface area (TPSA) is 0 Å². The fourth-order valence-electron chi connectivity index (χ4n) is 4.92. The van der Waals surface area contributed by atoms with E-state index in [-0.39, 0.29) is 5.04 Å². The lowest BCUT2D eigenvalue weighted by Gasteiger charge is -2.41. The molecule has 1 aliphatic carbocycles.